The van der Waals surface area contributed by atoms with E-state index in [1.165, 1.54) is 0 Å². The zero-order chi connectivity index (χ0) is 22.0. The number of β-amino-alcohol motifs (C(OH)–C–C–N with tert-alkyl or cyclic N) is 1. The smallest absolute Gasteiger partial charge is 0.306 e. The molecule has 0 aliphatic carbocycles. The molecule has 1 aromatic rings. The van der Waals surface area contributed by atoms with E-state index in [2.05, 4.69) is 21.3 Å². The third-order valence-corrected chi connectivity index (χ3v) is 6.16. The molecule has 3 aliphatic heterocycles. The lowest BCUT2D eigenvalue weighted by atomic mass is 9.87. The van der Waals surface area contributed by atoms with Crippen molar-refractivity contribution < 1.29 is 29.0 Å². The van der Waals surface area contributed by atoms with E-state index in [1.807, 2.05) is 24.3 Å². The second kappa shape index (κ2) is 8.81. The summed E-state index contributed by atoms with van der Waals surface area (Å²) in [6.07, 6.45) is -0.818. The number of rotatable bonds is 7. The minimum atomic E-state index is -0.859. The Hall–Kier alpha value is -2.69. The summed E-state index contributed by atoms with van der Waals surface area (Å²) in [5.41, 5.74) is 0.164. The molecule has 0 bridgehead atoms. The number of methoxy groups -OCH3 is 1. The number of aliphatic hydroxyl groups excluding tert-OH is 1. The highest BCUT2D eigenvalue weighted by Gasteiger charge is 2.50. The molecule has 0 aromatic heterocycles. The SMILES string of the molecule is COc1ccc(C[C@H]2NC[C@H](O)[C@H]2OC(=O)CC[C@@H]2NC(=O)C3(CNC3)NC2=O)cc1. The predicted octanol–water partition coefficient (Wildman–Crippen LogP) is -1.78. The molecule has 2 amide bonds. The largest absolute Gasteiger partial charge is 0.497 e. The minimum Gasteiger partial charge on any atom is -0.497 e. The fraction of sp³-hybridized carbons (Fsp3) is 0.571. The molecule has 3 aliphatic rings. The van der Waals surface area contributed by atoms with Crippen molar-refractivity contribution in [2.75, 3.05) is 26.7 Å². The van der Waals surface area contributed by atoms with Gasteiger partial charge >= 0.3 is 5.97 Å². The molecule has 3 heterocycles. The maximum Gasteiger partial charge on any atom is 0.306 e. The first-order chi connectivity index (χ1) is 14.9. The van der Waals surface area contributed by atoms with Gasteiger partial charge in [-0.15, -0.1) is 0 Å². The van der Waals surface area contributed by atoms with Gasteiger partial charge in [0.05, 0.1) is 13.2 Å². The Kier molecular flexibility index (Phi) is 6.12. The van der Waals surface area contributed by atoms with Crippen molar-refractivity contribution in [2.24, 2.45) is 0 Å². The number of piperazine rings is 1. The van der Waals surface area contributed by atoms with Crippen LogP contribution in [0.25, 0.3) is 0 Å². The third kappa shape index (κ3) is 4.51. The number of amides is 2. The van der Waals surface area contributed by atoms with E-state index in [4.69, 9.17) is 9.47 Å². The molecule has 0 radical (unpaired) electrons. The van der Waals surface area contributed by atoms with E-state index in [0.29, 0.717) is 26.1 Å². The van der Waals surface area contributed by atoms with Gasteiger partial charge in [0.15, 0.2) is 0 Å². The van der Waals surface area contributed by atoms with Crippen molar-refractivity contribution in [1.29, 1.82) is 0 Å². The molecule has 31 heavy (non-hydrogen) atoms. The first-order valence-electron chi connectivity index (χ1n) is 10.5. The van der Waals surface area contributed by atoms with Crippen LogP contribution in [0.3, 0.4) is 0 Å². The van der Waals surface area contributed by atoms with Crippen molar-refractivity contribution >= 4 is 17.8 Å². The number of carbonyl (C=O) groups excluding carboxylic acids is 3. The summed E-state index contributed by atoms with van der Waals surface area (Å²) in [4.78, 5) is 37.0. The molecule has 10 nitrogen and oxygen atoms in total. The van der Waals surface area contributed by atoms with Gasteiger partial charge in [0, 0.05) is 26.1 Å². The van der Waals surface area contributed by atoms with E-state index in [9.17, 15) is 19.5 Å². The lowest BCUT2D eigenvalue weighted by Gasteiger charge is -2.46. The van der Waals surface area contributed by atoms with Gasteiger partial charge in [-0.25, -0.2) is 0 Å². The summed E-state index contributed by atoms with van der Waals surface area (Å²) >= 11 is 0. The molecule has 0 unspecified atom stereocenters. The van der Waals surface area contributed by atoms with Crippen molar-refractivity contribution in [3.63, 3.8) is 0 Å². The zero-order valence-corrected chi connectivity index (χ0v) is 17.3. The van der Waals surface area contributed by atoms with Crippen molar-refractivity contribution in [3.8, 4) is 5.75 Å². The Morgan fingerprint density at radius 3 is 2.61 bits per heavy atom. The molecular weight excluding hydrogens is 404 g/mol. The monoisotopic (exact) mass is 432 g/mol. The van der Waals surface area contributed by atoms with E-state index in [-0.39, 0.29) is 30.7 Å². The topological polar surface area (TPSA) is 138 Å². The van der Waals surface area contributed by atoms with E-state index in [1.54, 1.807) is 7.11 Å². The van der Waals surface area contributed by atoms with E-state index >= 15 is 0 Å². The first-order valence-corrected chi connectivity index (χ1v) is 10.5. The molecule has 4 atom stereocenters. The standard InChI is InChI=1S/C21H28N4O6/c1-30-13-4-2-12(3-5-13)8-15-18(16(26)9-23-15)31-17(27)7-6-14-19(28)25-21(10-22-11-21)20(29)24-14/h2-5,14-16,18,22-23,26H,6-11H2,1H3,(H,24,29)(H,25,28)/t14-,15+,16-,18-/m0/s1. The third-order valence-electron chi connectivity index (χ3n) is 6.16. The first kappa shape index (κ1) is 21.5. The number of aliphatic hydroxyl groups is 1. The maximum atomic E-state index is 12.4. The van der Waals surface area contributed by atoms with Crippen LogP contribution in [0.15, 0.2) is 24.3 Å². The molecular formula is C21H28N4O6. The van der Waals surface area contributed by atoms with Crippen LogP contribution in [0.4, 0.5) is 0 Å². The second-order valence-corrected chi connectivity index (χ2v) is 8.33. The zero-order valence-electron chi connectivity index (χ0n) is 17.3. The number of carbonyl (C=O) groups is 3. The van der Waals surface area contributed by atoms with Gasteiger partial charge in [-0.2, -0.15) is 0 Å². The van der Waals surface area contributed by atoms with Gasteiger partial charge in [-0.3, -0.25) is 14.4 Å². The van der Waals surface area contributed by atoms with E-state index < -0.39 is 29.8 Å². The minimum absolute atomic E-state index is 0.0396. The molecule has 168 valence electrons. The Labute approximate surface area is 180 Å². The highest BCUT2D eigenvalue weighted by atomic mass is 16.6. The van der Waals surface area contributed by atoms with Crippen LogP contribution in [0.2, 0.25) is 0 Å². The number of hydrogen-bond donors (Lipinski definition) is 5. The molecule has 0 saturated carbocycles. The average Bonchev–Trinajstić information content (AvgIpc) is 3.07. The predicted molar refractivity (Wildman–Crippen MR) is 109 cm³/mol. The van der Waals surface area contributed by atoms with E-state index in [0.717, 1.165) is 11.3 Å². The average molecular weight is 432 g/mol. The van der Waals surface area contributed by atoms with Crippen LogP contribution >= 0.6 is 0 Å². The maximum absolute atomic E-state index is 12.4. The summed E-state index contributed by atoms with van der Waals surface area (Å²) in [5.74, 6) is -0.294. The number of hydrogen-bond acceptors (Lipinski definition) is 8. The van der Waals surface area contributed by atoms with Crippen LogP contribution in [0.1, 0.15) is 18.4 Å². The van der Waals surface area contributed by atoms with Crippen molar-refractivity contribution in [1.82, 2.24) is 21.3 Å². The Morgan fingerprint density at radius 1 is 1.23 bits per heavy atom. The Morgan fingerprint density at radius 2 is 1.97 bits per heavy atom. The van der Waals surface area contributed by atoms with Gasteiger partial charge in [0.25, 0.3) is 0 Å². The molecule has 1 spiro atoms. The number of nitrogens with one attached hydrogen (secondary N) is 4. The lowest BCUT2D eigenvalue weighted by molar-refractivity contribution is -0.155. The highest BCUT2D eigenvalue weighted by molar-refractivity contribution is 6.01. The summed E-state index contributed by atoms with van der Waals surface area (Å²) in [6, 6.07) is 6.57. The second-order valence-electron chi connectivity index (χ2n) is 8.33. The quantitative estimate of drug-likeness (QED) is 0.319. The molecule has 5 N–H and O–H groups in total. The molecule has 3 fully saturated rings. The van der Waals surface area contributed by atoms with Gasteiger partial charge in [0.2, 0.25) is 11.8 Å². The Balaban J connectivity index is 1.28. The summed E-state index contributed by atoms with van der Waals surface area (Å²) < 4.78 is 10.7. The van der Waals surface area contributed by atoms with Gasteiger partial charge in [0.1, 0.15) is 29.5 Å². The van der Waals surface area contributed by atoms with Crippen LogP contribution < -0.4 is 26.0 Å². The van der Waals surface area contributed by atoms with Gasteiger partial charge in [-0.1, -0.05) is 12.1 Å². The van der Waals surface area contributed by atoms with Crippen LogP contribution in [0, 0.1) is 0 Å². The van der Waals surface area contributed by atoms with Crippen LogP contribution in [-0.4, -0.2) is 79.5 Å². The van der Waals surface area contributed by atoms with Crippen molar-refractivity contribution in [2.45, 2.75) is 49.1 Å². The number of benzene rings is 1. The number of esters is 1. The molecule has 10 heteroatoms. The van der Waals surface area contributed by atoms with Crippen LogP contribution in [0.5, 0.6) is 5.75 Å². The lowest BCUT2D eigenvalue weighted by Crippen LogP contribution is -2.80. The molecule has 3 saturated heterocycles. The fourth-order valence-electron chi connectivity index (χ4n) is 4.18. The van der Waals surface area contributed by atoms with Gasteiger partial charge < -0.3 is 35.8 Å². The Bertz CT molecular complexity index is 841. The highest BCUT2D eigenvalue weighted by Crippen LogP contribution is 2.21. The number of ether oxygens (including phenoxy) is 2. The van der Waals surface area contributed by atoms with Crippen LogP contribution in [-0.2, 0) is 25.5 Å². The summed E-state index contributed by atoms with van der Waals surface area (Å²) in [5, 5.41) is 21.9. The molecule has 4 rings (SSSR count). The van der Waals surface area contributed by atoms with Gasteiger partial charge in [-0.05, 0) is 30.5 Å². The fourth-order valence-corrected chi connectivity index (χ4v) is 4.18. The normalized spacial score (nSPS) is 29.1. The molecule has 1 aromatic carbocycles. The summed E-state index contributed by atoms with van der Waals surface area (Å²) in [6.45, 7) is 1.14. The summed E-state index contributed by atoms with van der Waals surface area (Å²) in [7, 11) is 1.60. The van der Waals surface area contributed by atoms with Crippen molar-refractivity contribution in [3.05, 3.63) is 29.8 Å².